The van der Waals surface area contributed by atoms with Crippen LogP contribution in [0.3, 0.4) is 0 Å². The minimum atomic E-state index is -0.256. The smallest absolute Gasteiger partial charge is 0.242 e. The van der Waals surface area contributed by atoms with Crippen molar-refractivity contribution in [3.05, 3.63) is 28.2 Å². The van der Waals surface area contributed by atoms with Gasteiger partial charge in [-0.3, -0.25) is 4.79 Å². The van der Waals surface area contributed by atoms with Crippen LogP contribution in [0, 0.1) is 11.3 Å². The number of benzene rings is 1. The van der Waals surface area contributed by atoms with E-state index in [4.69, 9.17) is 5.26 Å². The first-order valence-corrected chi connectivity index (χ1v) is 6.74. The van der Waals surface area contributed by atoms with Crippen LogP contribution < -0.4 is 10.6 Å². The molecule has 0 aromatic heterocycles. The molecule has 1 aliphatic heterocycles. The van der Waals surface area contributed by atoms with Gasteiger partial charge in [0.25, 0.3) is 0 Å². The Hall–Kier alpha value is -1.54. The third-order valence-corrected chi connectivity index (χ3v) is 3.46. The van der Waals surface area contributed by atoms with E-state index in [0.717, 1.165) is 30.3 Å². The monoisotopic (exact) mass is 307 g/mol. The summed E-state index contributed by atoms with van der Waals surface area (Å²) in [6, 6.07) is 7.26. The fourth-order valence-electron chi connectivity index (χ4n) is 2.00. The van der Waals surface area contributed by atoms with Crippen LogP contribution in [0.2, 0.25) is 0 Å². The topological polar surface area (TPSA) is 64.9 Å². The number of nitrogens with one attached hydrogen (secondary N) is 2. The van der Waals surface area contributed by atoms with Crippen LogP contribution >= 0.6 is 15.9 Å². The highest BCUT2D eigenvalue weighted by atomic mass is 79.9. The predicted molar refractivity (Wildman–Crippen MR) is 73.1 cm³/mol. The molecule has 94 valence electrons. The molecule has 1 amide bonds. The molecule has 1 heterocycles. The molecule has 1 aromatic rings. The zero-order valence-electron chi connectivity index (χ0n) is 9.87. The lowest BCUT2D eigenvalue weighted by Gasteiger charge is -2.17. The number of rotatable bonds is 2. The SMILES string of the molecule is N#Cc1ccc(Br)cc1NC1CCCCNC1=O. The Bertz CT molecular complexity index is 495. The van der Waals surface area contributed by atoms with Crippen molar-refractivity contribution in [2.75, 3.05) is 11.9 Å². The maximum atomic E-state index is 11.8. The molecule has 4 nitrogen and oxygen atoms in total. The zero-order chi connectivity index (χ0) is 13.0. The van der Waals surface area contributed by atoms with Gasteiger partial charge in [-0.1, -0.05) is 15.9 Å². The highest BCUT2D eigenvalue weighted by molar-refractivity contribution is 9.10. The number of halogens is 1. The van der Waals surface area contributed by atoms with Crippen LogP contribution in [0.25, 0.3) is 0 Å². The number of carbonyl (C=O) groups is 1. The Kier molecular flexibility index (Phi) is 4.21. The maximum absolute atomic E-state index is 11.8. The molecule has 0 aliphatic carbocycles. The predicted octanol–water partition coefficient (Wildman–Crippen LogP) is 2.40. The molecule has 2 N–H and O–H groups in total. The molecule has 1 aromatic carbocycles. The molecule has 1 aliphatic rings. The fraction of sp³-hybridized carbons (Fsp3) is 0.385. The van der Waals surface area contributed by atoms with Crippen molar-refractivity contribution < 1.29 is 4.79 Å². The number of hydrogen-bond acceptors (Lipinski definition) is 3. The fourth-order valence-corrected chi connectivity index (χ4v) is 2.36. The van der Waals surface area contributed by atoms with Crippen LogP contribution in [0.5, 0.6) is 0 Å². The highest BCUT2D eigenvalue weighted by Crippen LogP contribution is 2.22. The zero-order valence-corrected chi connectivity index (χ0v) is 11.5. The van der Waals surface area contributed by atoms with Crippen molar-refractivity contribution >= 4 is 27.5 Å². The summed E-state index contributed by atoms with van der Waals surface area (Å²) in [7, 11) is 0. The van der Waals surface area contributed by atoms with Gasteiger partial charge >= 0.3 is 0 Å². The van der Waals surface area contributed by atoms with E-state index in [1.807, 2.05) is 12.1 Å². The summed E-state index contributed by atoms with van der Waals surface area (Å²) in [6.45, 7) is 0.737. The van der Waals surface area contributed by atoms with Crippen molar-refractivity contribution in [3.8, 4) is 6.07 Å². The lowest BCUT2D eigenvalue weighted by molar-refractivity contribution is -0.121. The molecule has 1 atom stereocenters. The molecule has 0 spiro atoms. The number of nitrogens with zero attached hydrogens (tertiary/aromatic N) is 1. The van der Waals surface area contributed by atoms with Crippen molar-refractivity contribution in [2.45, 2.75) is 25.3 Å². The molecule has 1 unspecified atom stereocenters. The standard InChI is InChI=1S/C13H14BrN3O/c14-10-5-4-9(8-15)12(7-10)17-11-3-1-2-6-16-13(11)18/h4-5,7,11,17H,1-3,6H2,(H,16,18). The minimum absolute atomic E-state index is 0.0105. The summed E-state index contributed by atoms with van der Waals surface area (Å²) < 4.78 is 0.887. The van der Waals surface area contributed by atoms with Gasteiger partial charge in [-0.25, -0.2) is 0 Å². The van der Waals surface area contributed by atoms with E-state index >= 15 is 0 Å². The van der Waals surface area contributed by atoms with Crippen LogP contribution in [-0.2, 0) is 4.79 Å². The number of carbonyl (C=O) groups excluding carboxylic acids is 1. The molecule has 0 bridgehead atoms. The van der Waals surface area contributed by atoms with Gasteiger partial charge < -0.3 is 10.6 Å². The first kappa shape index (κ1) is 12.9. The van der Waals surface area contributed by atoms with E-state index in [0.29, 0.717) is 11.3 Å². The van der Waals surface area contributed by atoms with Gasteiger partial charge in [0.1, 0.15) is 12.1 Å². The third-order valence-electron chi connectivity index (χ3n) is 2.97. The molecule has 1 fully saturated rings. The van der Waals surface area contributed by atoms with Gasteiger partial charge in [0.15, 0.2) is 0 Å². The van der Waals surface area contributed by atoms with Crippen LogP contribution in [0.15, 0.2) is 22.7 Å². The Balaban J connectivity index is 2.19. The quantitative estimate of drug-likeness (QED) is 0.882. The van der Waals surface area contributed by atoms with Gasteiger partial charge in [-0.15, -0.1) is 0 Å². The van der Waals surface area contributed by atoms with Crippen molar-refractivity contribution in [2.24, 2.45) is 0 Å². The summed E-state index contributed by atoms with van der Waals surface area (Å²) in [5, 5.41) is 15.1. The average molecular weight is 308 g/mol. The van der Waals surface area contributed by atoms with Crippen LogP contribution in [-0.4, -0.2) is 18.5 Å². The van der Waals surface area contributed by atoms with E-state index in [-0.39, 0.29) is 11.9 Å². The lowest BCUT2D eigenvalue weighted by atomic mass is 10.1. The minimum Gasteiger partial charge on any atom is -0.373 e. The number of hydrogen-bond donors (Lipinski definition) is 2. The molecule has 0 saturated carbocycles. The molecule has 5 heteroatoms. The summed E-state index contributed by atoms with van der Waals surface area (Å²) in [5.41, 5.74) is 1.25. The Labute approximate surface area is 115 Å². The molecule has 18 heavy (non-hydrogen) atoms. The largest absolute Gasteiger partial charge is 0.373 e. The van der Waals surface area contributed by atoms with Gasteiger partial charge in [0.2, 0.25) is 5.91 Å². The van der Waals surface area contributed by atoms with Gasteiger partial charge in [0.05, 0.1) is 11.3 Å². The van der Waals surface area contributed by atoms with Crippen molar-refractivity contribution in [3.63, 3.8) is 0 Å². The van der Waals surface area contributed by atoms with E-state index in [2.05, 4.69) is 32.6 Å². The van der Waals surface area contributed by atoms with Crippen LogP contribution in [0.4, 0.5) is 5.69 Å². The lowest BCUT2D eigenvalue weighted by Crippen LogP contribution is -2.38. The van der Waals surface area contributed by atoms with Gasteiger partial charge in [-0.05, 0) is 37.5 Å². The normalized spacial score (nSPS) is 19.6. The second-order valence-corrected chi connectivity index (χ2v) is 5.20. The molecular formula is C13H14BrN3O. The van der Waals surface area contributed by atoms with E-state index in [9.17, 15) is 4.79 Å². The van der Waals surface area contributed by atoms with Gasteiger partial charge in [-0.2, -0.15) is 5.26 Å². The number of amides is 1. The summed E-state index contributed by atoms with van der Waals surface area (Å²) in [5.74, 6) is 0.0105. The van der Waals surface area contributed by atoms with E-state index < -0.39 is 0 Å². The third kappa shape index (κ3) is 3.02. The second kappa shape index (κ2) is 5.87. The number of nitriles is 1. The highest BCUT2D eigenvalue weighted by Gasteiger charge is 2.21. The van der Waals surface area contributed by atoms with Gasteiger partial charge in [0, 0.05) is 11.0 Å². The summed E-state index contributed by atoms with van der Waals surface area (Å²) >= 11 is 3.37. The first-order valence-electron chi connectivity index (χ1n) is 5.94. The first-order chi connectivity index (χ1) is 8.70. The molecular weight excluding hydrogens is 294 g/mol. The van der Waals surface area contributed by atoms with E-state index in [1.54, 1.807) is 6.07 Å². The Morgan fingerprint density at radius 1 is 1.44 bits per heavy atom. The average Bonchev–Trinajstić information content (AvgIpc) is 2.55. The Morgan fingerprint density at radius 3 is 3.06 bits per heavy atom. The van der Waals surface area contributed by atoms with Crippen molar-refractivity contribution in [1.29, 1.82) is 5.26 Å². The van der Waals surface area contributed by atoms with E-state index in [1.165, 1.54) is 0 Å². The number of anilines is 1. The van der Waals surface area contributed by atoms with Crippen molar-refractivity contribution in [1.82, 2.24) is 5.32 Å². The second-order valence-electron chi connectivity index (χ2n) is 4.29. The van der Waals surface area contributed by atoms with Crippen LogP contribution in [0.1, 0.15) is 24.8 Å². The summed E-state index contributed by atoms with van der Waals surface area (Å²) in [6.07, 6.45) is 2.81. The molecule has 0 radical (unpaired) electrons. The molecule has 1 saturated heterocycles. The Morgan fingerprint density at radius 2 is 2.28 bits per heavy atom. The maximum Gasteiger partial charge on any atom is 0.242 e. The molecule has 2 rings (SSSR count). The summed E-state index contributed by atoms with van der Waals surface area (Å²) in [4.78, 5) is 11.8.